The number of nitrogens with two attached hydrogens (primary N) is 1. The van der Waals surface area contributed by atoms with Crippen molar-refractivity contribution in [2.45, 2.75) is 0 Å². The number of nitrogens with zero attached hydrogens (tertiary/aromatic N) is 2. The second-order valence-electron chi connectivity index (χ2n) is 4.21. The van der Waals surface area contributed by atoms with Crippen molar-refractivity contribution in [2.75, 3.05) is 5.73 Å². The Morgan fingerprint density at radius 2 is 1.95 bits per heavy atom. The summed E-state index contributed by atoms with van der Waals surface area (Å²) in [4.78, 5) is 16.3. The maximum Gasteiger partial charge on any atom is 0.349 e. The lowest BCUT2D eigenvalue weighted by Crippen LogP contribution is -2.06. The Morgan fingerprint density at radius 3 is 2.75 bits per heavy atom. The van der Waals surface area contributed by atoms with E-state index >= 15 is 0 Å². The van der Waals surface area contributed by atoms with E-state index in [9.17, 15) is 4.79 Å². The van der Waals surface area contributed by atoms with Crippen LogP contribution in [0.3, 0.4) is 0 Å². The fraction of sp³-hybridized carbons (Fsp3) is 0. The van der Waals surface area contributed by atoms with Crippen LogP contribution in [0, 0.1) is 11.3 Å². The topological polar surface area (TPSA) is 92.9 Å². The number of hydrogen-bond donors (Lipinski definition) is 1. The number of rotatable bonds is 1. The van der Waals surface area contributed by atoms with Gasteiger partial charge in [-0.2, -0.15) is 5.26 Å². The van der Waals surface area contributed by atoms with Crippen LogP contribution < -0.4 is 11.4 Å². The molecule has 0 saturated carbocycles. The van der Waals surface area contributed by atoms with E-state index in [2.05, 4.69) is 4.98 Å². The Bertz CT molecular complexity index is 907. The average Bonchev–Trinajstić information content (AvgIpc) is 2.47. The zero-order chi connectivity index (χ0) is 14.1. The van der Waals surface area contributed by atoms with Crippen LogP contribution in [0.15, 0.2) is 51.7 Å². The van der Waals surface area contributed by atoms with E-state index < -0.39 is 5.63 Å². The third kappa shape index (κ3) is 1.80. The molecule has 0 saturated heterocycles. The highest BCUT2D eigenvalue weighted by atomic mass is 16.4. The van der Waals surface area contributed by atoms with Gasteiger partial charge < -0.3 is 10.2 Å². The fourth-order valence-corrected chi connectivity index (χ4v) is 2.03. The number of fused-ring (bicyclic) bond motifs is 1. The van der Waals surface area contributed by atoms with E-state index in [0.717, 1.165) is 0 Å². The zero-order valence-electron chi connectivity index (χ0n) is 10.3. The molecule has 0 aliphatic rings. The van der Waals surface area contributed by atoms with Gasteiger partial charge in [0.1, 0.15) is 5.39 Å². The third-order valence-electron chi connectivity index (χ3n) is 2.97. The van der Waals surface area contributed by atoms with Gasteiger partial charge in [-0.15, -0.1) is 0 Å². The highest BCUT2D eigenvalue weighted by molar-refractivity contribution is 5.89. The average molecular weight is 263 g/mol. The van der Waals surface area contributed by atoms with E-state index in [1.54, 1.807) is 42.5 Å². The van der Waals surface area contributed by atoms with Gasteiger partial charge >= 0.3 is 5.63 Å². The maximum atomic E-state index is 12.0. The van der Waals surface area contributed by atoms with Crippen LogP contribution in [0.4, 0.5) is 5.69 Å². The lowest BCUT2D eigenvalue weighted by molar-refractivity contribution is 0.518. The van der Waals surface area contributed by atoms with Gasteiger partial charge in [0.25, 0.3) is 0 Å². The van der Waals surface area contributed by atoms with Crippen LogP contribution in [0.25, 0.3) is 22.4 Å². The molecule has 0 aliphatic carbocycles. The summed E-state index contributed by atoms with van der Waals surface area (Å²) < 4.78 is 5.20. The van der Waals surface area contributed by atoms with E-state index in [0.29, 0.717) is 22.3 Å². The van der Waals surface area contributed by atoms with Crippen LogP contribution in [0.5, 0.6) is 0 Å². The van der Waals surface area contributed by atoms with Gasteiger partial charge in [0.2, 0.25) is 5.89 Å². The monoisotopic (exact) mass is 263 g/mol. The molecule has 5 heteroatoms. The van der Waals surface area contributed by atoms with E-state index in [-0.39, 0.29) is 11.3 Å². The largest absolute Gasteiger partial charge is 0.403 e. The molecule has 0 spiro atoms. The van der Waals surface area contributed by atoms with Crippen molar-refractivity contribution in [1.29, 1.82) is 5.26 Å². The second-order valence-corrected chi connectivity index (χ2v) is 4.21. The first-order valence-electron chi connectivity index (χ1n) is 5.89. The Balaban J connectivity index is 2.35. The summed E-state index contributed by atoms with van der Waals surface area (Å²) in [6.45, 7) is 0. The molecule has 0 amide bonds. The first-order chi connectivity index (χ1) is 9.70. The summed E-state index contributed by atoms with van der Waals surface area (Å²) in [5, 5.41) is 9.34. The number of anilines is 1. The molecule has 3 rings (SSSR count). The molecule has 2 N–H and O–H groups in total. The summed E-state index contributed by atoms with van der Waals surface area (Å²) in [7, 11) is 0. The fourth-order valence-electron chi connectivity index (χ4n) is 2.03. The highest BCUT2D eigenvalue weighted by Crippen LogP contribution is 2.23. The Labute approximate surface area is 113 Å². The highest BCUT2D eigenvalue weighted by Gasteiger charge is 2.13. The molecule has 0 aliphatic heterocycles. The second kappa shape index (κ2) is 4.52. The van der Waals surface area contributed by atoms with Crippen LogP contribution in [-0.4, -0.2) is 4.98 Å². The first kappa shape index (κ1) is 11.9. The van der Waals surface area contributed by atoms with Gasteiger partial charge in [-0.25, -0.2) is 9.78 Å². The number of nitriles is 1. The predicted octanol–water partition coefficient (Wildman–Crippen LogP) is 2.31. The number of aromatic nitrogens is 1. The summed E-state index contributed by atoms with van der Waals surface area (Å²) in [5.41, 5.74) is 6.84. The SMILES string of the molecule is N#Cc1ccccc1-c1nc2cccc(N)c2c(=O)o1. The molecule has 3 aromatic rings. The van der Waals surface area contributed by atoms with Crippen molar-refractivity contribution in [3.63, 3.8) is 0 Å². The van der Waals surface area contributed by atoms with Gasteiger partial charge in [0, 0.05) is 5.69 Å². The molecule has 1 aromatic heterocycles. The number of nitrogen functional groups attached to an aromatic ring is 1. The molecule has 0 unspecified atom stereocenters. The van der Waals surface area contributed by atoms with Gasteiger partial charge in [0.15, 0.2) is 0 Å². The van der Waals surface area contributed by atoms with Gasteiger partial charge in [-0.1, -0.05) is 18.2 Å². The molecular formula is C15H9N3O2. The Kier molecular flexibility index (Phi) is 2.70. The number of benzene rings is 2. The van der Waals surface area contributed by atoms with Crippen molar-refractivity contribution in [3.8, 4) is 17.5 Å². The summed E-state index contributed by atoms with van der Waals surface area (Å²) in [5.74, 6) is 0.116. The minimum absolute atomic E-state index is 0.116. The van der Waals surface area contributed by atoms with Crippen molar-refractivity contribution < 1.29 is 4.42 Å². The van der Waals surface area contributed by atoms with Crippen molar-refractivity contribution >= 4 is 16.6 Å². The summed E-state index contributed by atoms with van der Waals surface area (Å²) >= 11 is 0. The van der Waals surface area contributed by atoms with Crippen LogP contribution in [0.2, 0.25) is 0 Å². The lowest BCUT2D eigenvalue weighted by atomic mass is 10.1. The van der Waals surface area contributed by atoms with E-state index in [1.165, 1.54) is 0 Å². The molecule has 0 fully saturated rings. The van der Waals surface area contributed by atoms with Gasteiger partial charge in [0.05, 0.1) is 22.7 Å². The smallest absolute Gasteiger partial charge is 0.349 e. The molecule has 2 aromatic carbocycles. The zero-order valence-corrected chi connectivity index (χ0v) is 10.3. The molecular weight excluding hydrogens is 254 g/mol. The summed E-state index contributed by atoms with van der Waals surface area (Å²) in [6.07, 6.45) is 0. The van der Waals surface area contributed by atoms with Gasteiger partial charge in [-0.3, -0.25) is 0 Å². The first-order valence-corrected chi connectivity index (χ1v) is 5.89. The van der Waals surface area contributed by atoms with Crippen LogP contribution in [-0.2, 0) is 0 Å². The Morgan fingerprint density at radius 1 is 1.15 bits per heavy atom. The quantitative estimate of drug-likeness (QED) is 0.680. The summed E-state index contributed by atoms with van der Waals surface area (Å²) in [6, 6.07) is 13.9. The van der Waals surface area contributed by atoms with Crippen LogP contribution >= 0.6 is 0 Å². The molecule has 1 heterocycles. The normalized spacial score (nSPS) is 10.3. The minimum atomic E-state index is -0.559. The molecule has 0 atom stereocenters. The Hall–Kier alpha value is -3.13. The van der Waals surface area contributed by atoms with E-state index in [1.807, 2.05) is 6.07 Å². The minimum Gasteiger partial charge on any atom is -0.403 e. The van der Waals surface area contributed by atoms with Crippen molar-refractivity contribution in [3.05, 3.63) is 58.4 Å². The molecule has 0 bridgehead atoms. The maximum absolute atomic E-state index is 12.0. The third-order valence-corrected chi connectivity index (χ3v) is 2.97. The van der Waals surface area contributed by atoms with Crippen molar-refractivity contribution in [1.82, 2.24) is 4.98 Å². The number of hydrogen-bond acceptors (Lipinski definition) is 5. The van der Waals surface area contributed by atoms with E-state index in [4.69, 9.17) is 15.4 Å². The van der Waals surface area contributed by atoms with Crippen molar-refractivity contribution in [2.24, 2.45) is 0 Å². The molecule has 5 nitrogen and oxygen atoms in total. The van der Waals surface area contributed by atoms with Gasteiger partial charge in [-0.05, 0) is 24.3 Å². The standard InChI is InChI=1S/C15H9N3O2/c16-8-9-4-1-2-5-10(9)14-18-12-7-3-6-11(17)13(12)15(19)20-14/h1-7H,17H2. The predicted molar refractivity (Wildman–Crippen MR) is 74.8 cm³/mol. The molecule has 20 heavy (non-hydrogen) atoms. The van der Waals surface area contributed by atoms with Crippen LogP contribution in [0.1, 0.15) is 5.56 Å². The lowest BCUT2D eigenvalue weighted by Gasteiger charge is -2.04. The molecule has 0 radical (unpaired) electrons. The molecule has 96 valence electrons.